The van der Waals surface area contributed by atoms with Crippen molar-refractivity contribution in [3.63, 3.8) is 0 Å². The molecule has 0 spiro atoms. The number of hydrogen-bond acceptors (Lipinski definition) is 7. The smallest absolute Gasteiger partial charge is 0.361 e. The molecule has 0 aliphatic carbocycles. The van der Waals surface area contributed by atoms with Crippen molar-refractivity contribution in [2.45, 2.75) is 20.4 Å². The SMILES string of the molecule is Cc1noc(C)c1Cn1c(-c2ncccn2)noc1=O. The molecule has 8 heteroatoms. The van der Waals surface area contributed by atoms with Crippen molar-refractivity contribution in [1.29, 1.82) is 0 Å². The van der Waals surface area contributed by atoms with E-state index in [1.54, 1.807) is 25.4 Å². The van der Waals surface area contributed by atoms with Crippen molar-refractivity contribution in [3.8, 4) is 11.6 Å². The van der Waals surface area contributed by atoms with Gasteiger partial charge in [-0.15, -0.1) is 0 Å². The first-order chi connectivity index (χ1) is 9.66. The van der Waals surface area contributed by atoms with E-state index in [4.69, 9.17) is 9.05 Å². The molecule has 0 radical (unpaired) electrons. The van der Waals surface area contributed by atoms with Gasteiger partial charge in [0.25, 0.3) is 0 Å². The van der Waals surface area contributed by atoms with Crippen molar-refractivity contribution >= 4 is 0 Å². The Morgan fingerprint density at radius 1 is 1.15 bits per heavy atom. The normalized spacial score (nSPS) is 10.9. The van der Waals surface area contributed by atoms with Crippen LogP contribution < -0.4 is 5.76 Å². The van der Waals surface area contributed by atoms with E-state index in [2.05, 4.69) is 20.3 Å². The monoisotopic (exact) mass is 273 g/mol. The van der Waals surface area contributed by atoms with Gasteiger partial charge in [0, 0.05) is 18.0 Å². The maximum absolute atomic E-state index is 11.8. The Morgan fingerprint density at radius 3 is 2.55 bits per heavy atom. The van der Waals surface area contributed by atoms with Crippen LogP contribution in [0.1, 0.15) is 17.0 Å². The highest BCUT2D eigenvalue weighted by molar-refractivity contribution is 5.42. The fourth-order valence-electron chi connectivity index (χ4n) is 1.87. The summed E-state index contributed by atoms with van der Waals surface area (Å²) in [6.45, 7) is 3.84. The molecule has 0 fully saturated rings. The second-order valence-corrected chi connectivity index (χ2v) is 4.23. The Morgan fingerprint density at radius 2 is 1.90 bits per heavy atom. The van der Waals surface area contributed by atoms with Crippen molar-refractivity contribution < 1.29 is 9.05 Å². The summed E-state index contributed by atoms with van der Waals surface area (Å²) in [5.74, 6) is 0.670. The minimum Gasteiger partial charge on any atom is -0.361 e. The predicted octanol–water partition coefficient (Wildman–Crippen LogP) is 0.946. The molecule has 0 aliphatic heterocycles. The first-order valence-electron chi connectivity index (χ1n) is 5.92. The van der Waals surface area contributed by atoms with Crippen LogP contribution in [0.3, 0.4) is 0 Å². The van der Waals surface area contributed by atoms with Crippen LogP contribution in [0.15, 0.2) is 32.3 Å². The Kier molecular flexibility index (Phi) is 2.90. The van der Waals surface area contributed by atoms with E-state index in [1.807, 2.05) is 6.92 Å². The predicted molar refractivity (Wildman–Crippen MR) is 66.9 cm³/mol. The molecule has 0 aliphatic rings. The lowest BCUT2D eigenvalue weighted by Crippen LogP contribution is -2.17. The van der Waals surface area contributed by atoms with E-state index in [0.29, 0.717) is 11.6 Å². The third-order valence-corrected chi connectivity index (χ3v) is 2.95. The number of nitrogens with zero attached hydrogens (tertiary/aromatic N) is 5. The summed E-state index contributed by atoms with van der Waals surface area (Å²) in [6, 6.07) is 1.68. The van der Waals surface area contributed by atoms with E-state index in [-0.39, 0.29) is 12.4 Å². The average molecular weight is 273 g/mol. The van der Waals surface area contributed by atoms with E-state index in [0.717, 1.165) is 11.3 Å². The Labute approximate surface area is 113 Å². The van der Waals surface area contributed by atoms with Gasteiger partial charge in [0.15, 0.2) is 5.82 Å². The van der Waals surface area contributed by atoms with Gasteiger partial charge in [-0.25, -0.2) is 19.3 Å². The summed E-state index contributed by atoms with van der Waals surface area (Å²) < 4.78 is 11.1. The number of hydrogen-bond donors (Lipinski definition) is 0. The quantitative estimate of drug-likeness (QED) is 0.700. The molecule has 3 aromatic rings. The van der Waals surface area contributed by atoms with Crippen LogP contribution in [0, 0.1) is 13.8 Å². The summed E-state index contributed by atoms with van der Waals surface area (Å²) in [4.78, 5) is 19.9. The van der Waals surface area contributed by atoms with E-state index >= 15 is 0 Å². The van der Waals surface area contributed by atoms with Gasteiger partial charge in [-0.3, -0.25) is 4.52 Å². The highest BCUT2D eigenvalue weighted by Crippen LogP contribution is 2.16. The van der Waals surface area contributed by atoms with Crippen LogP contribution >= 0.6 is 0 Å². The molecule has 0 bridgehead atoms. The summed E-state index contributed by atoms with van der Waals surface area (Å²) in [7, 11) is 0. The Bertz CT molecular complexity index is 768. The zero-order valence-corrected chi connectivity index (χ0v) is 10.9. The molecular formula is C12H11N5O3. The van der Waals surface area contributed by atoms with Crippen molar-refractivity contribution in [2.75, 3.05) is 0 Å². The number of rotatable bonds is 3. The summed E-state index contributed by atoms with van der Waals surface area (Å²) >= 11 is 0. The zero-order chi connectivity index (χ0) is 14.1. The van der Waals surface area contributed by atoms with E-state index < -0.39 is 5.76 Å². The lowest BCUT2D eigenvalue weighted by atomic mass is 10.2. The molecule has 0 saturated heterocycles. The summed E-state index contributed by atoms with van der Waals surface area (Å²) in [5.41, 5.74) is 1.53. The Hall–Kier alpha value is -2.77. The van der Waals surface area contributed by atoms with Gasteiger partial charge in [-0.2, -0.15) is 0 Å². The minimum atomic E-state index is -0.576. The molecule has 102 valence electrons. The highest BCUT2D eigenvalue weighted by Gasteiger charge is 2.18. The molecule has 0 aromatic carbocycles. The molecular weight excluding hydrogens is 262 g/mol. The van der Waals surface area contributed by atoms with Gasteiger partial charge in [-0.1, -0.05) is 10.3 Å². The molecule has 20 heavy (non-hydrogen) atoms. The molecule has 0 saturated carbocycles. The minimum absolute atomic E-state index is 0.247. The second kappa shape index (κ2) is 4.72. The average Bonchev–Trinajstić information content (AvgIpc) is 2.98. The second-order valence-electron chi connectivity index (χ2n) is 4.23. The highest BCUT2D eigenvalue weighted by atomic mass is 16.5. The van der Waals surface area contributed by atoms with Gasteiger partial charge < -0.3 is 4.52 Å². The lowest BCUT2D eigenvalue weighted by molar-refractivity contribution is 0.377. The molecule has 0 N–H and O–H groups in total. The van der Waals surface area contributed by atoms with Crippen LogP contribution in [0.4, 0.5) is 0 Å². The fourth-order valence-corrected chi connectivity index (χ4v) is 1.87. The number of aromatic nitrogens is 5. The van der Waals surface area contributed by atoms with Gasteiger partial charge in [-0.05, 0) is 19.9 Å². The van der Waals surface area contributed by atoms with Crippen LogP contribution in [0.25, 0.3) is 11.6 Å². The zero-order valence-electron chi connectivity index (χ0n) is 10.9. The molecule has 0 unspecified atom stereocenters. The summed E-state index contributed by atoms with van der Waals surface area (Å²) in [5, 5.41) is 7.58. The Balaban J connectivity index is 2.07. The third-order valence-electron chi connectivity index (χ3n) is 2.95. The van der Waals surface area contributed by atoms with Crippen molar-refractivity contribution in [3.05, 3.63) is 46.0 Å². The first kappa shape index (κ1) is 12.3. The molecule has 0 amide bonds. The van der Waals surface area contributed by atoms with Crippen LogP contribution in [-0.4, -0.2) is 24.8 Å². The van der Waals surface area contributed by atoms with Crippen LogP contribution in [0.2, 0.25) is 0 Å². The van der Waals surface area contributed by atoms with Crippen LogP contribution in [-0.2, 0) is 6.54 Å². The van der Waals surface area contributed by atoms with Gasteiger partial charge >= 0.3 is 5.76 Å². The lowest BCUT2D eigenvalue weighted by Gasteiger charge is -2.02. The topological polar surface area (TPSA) is 99.8 Å². The fraction of sp³-hybridized carbons (Fsp3) is 0.250. The molecule has 3 aromatic heterocycles. The maximum atomic E-state index is 11.8. The van der Waals surface area contributed by atoms with E-state index in [9.17, 15) is 4.79 Å². The van der Waals surface area contributed by atoms with Gasteiger partial charge in [0.05, 0.1) is 12.2 Å². The maximum Gasteiger partial charge on any atom is 0.442 e. The standard InChI is InChI=1S/C12H11N5O3/c1-7-9(8(2)19-15-7)6-17-11(16-20-12(17)18)10-13-4-3-5-14-10/h3-5H,6H2,1-2H3. The molecule has 3 heterocycles. The third kappa shape index (κ3) is 2.00. The molecule has 3 rings (SSSR count). The van der Waals surface area contributed by atoms with Gasteiger partial charge in [0.1, 0.15) is 5.76 Å². The molecule has 0 atom stereocenters. The first-order valence-corrected chi connectivity index (χ1v) is 5.92. The molecule has 8 nitrogen and oxygen atoms in total. The van der Waals surface area contributed by atoms with E-state index in [1.165, 1.54) is 4.57 Å². The van der Waals surface area contributed by atoms with Crippen LogP contribution in [0.5, 0.6) is 0 Å². The number of aryl methyl sites for hydroxylation is 2. The van der Waals surface area contributed by atoms with Crippen molar-refractivity contribution in [1.82, 2.24) is 24.8 Å². The van der Waals surface area contributed by atoms with Gasteiger partial charge in [0.2, 0.25) is 5.82 Å². The summed E-state index contributed by atoms with van der Waals surface area (Å²) in [6.07, 6.45) is 3.14. The largest absolute Gasteiger partial charge is 0.442 e. The van der Waals surface area contributed by atoms with Crippen molar-refractivity contribution in [2.24, 2.45) is 0 Å².